The Kier molecular flexibility index (Phi) is 13.0. The highest BCUT2D eigenvalue weighted by Crippen LogP contribution is 2.56. The van der Waals surface area contributed by atoms with Crippen molar-refractivity contribution in [2.45, 2.75) is 121 Å². The van der Waals surface area contributed by atoms with Crippen molar-refractivity contribution in [2.24, 2.45) is 0 Å². The molecule has 1 aromatic carbocycles. The zero-order valence-electron chi connectivity index (χ0n) is 24.0. The second-order valence-corrected chi connectivity index (χ2v) is 10.4. The molecule has 1 saturated heterocycles. The van der Waals surface area contributed by atoms with Crippen LogP contribution in [0.1, 0.15) is 96.5 Å². The summed E-state index contributed by atoms with van der Waals surface area (Å²) >= 11 is 0. The molecule has 2 aliphatic rings. The molecular weight excluding hydrogens is 510 g/mol. The topological polar surface area (TPSA) is 75.6 Å². The second kappa shape index (κ2) is 15.7. The zero-order chi connectivity index (χ0) is 28.3. The molecule has 3 rings (SSSR count). The van der Waals surface area contributed by atoms with Crippen LogP contribution in [-0.4, -0.2) is 68.3 Å². The van der Waals surface area contributed by atoms with Crippen molar-refractivity contribution >= 4 is 0 Å². The van der Waals surface area contributed by atoms with Crippen LogP contribution in [0.15, 0.2) is 24.3 Å². The van der Waals surface area contributed by atoms with E-state index in [0.717, 1.165) is 44.9 Å². The quantitative estimate of drug-likeness (QED) is 0.226. The summed E-state index contributed by atoms with van der Waals surface area (Å²) in [7, 11) is 0. The normalized spacial score (nSPS) is 30.0. The van der Waals surface area contributed by atoms with Gasteiger partial charge >= 0.3 is 5.92 Å². The number of rotatable bonds is 17. The van der Waals surface area contributed by atoms with Crippen molar-refractivity contribution in [3.63, 3.8) is 0 Å². The van der Waals surface area contributed by atoms with Crippen LogP contribution in [0, 0.1) is 0 Å². The summed E-state index contributed by atoms with van der Waals surface area (Å²) in [6, 6.07) is 5.85. The minimum absolute atomic E-state index is 0.00421. The molecule has 0 radical (unpaired) electrons. The Morgan fingerprint density at radius 3 is 1.97 bits per heavy atom. The van der Waals surface area contributed by atoms with Crippen LogP contribution >= 0.6 is 0 Å². The fraction of sp³-hybridized carbons (Fsp3) is 0.800. The number of benzene rings is 1. The highest BCUT2D eigenvalue weighted by atomic mass is 19.3. The summed E-state index contributed by atoms with van der Waals surface area (Å²) in [4.78, 5) is 0. The third-order valence-electron chi connectivity index (χ3n) is 7.32. The summed E-state index contributed by atoms with van der Waals surface area (Å²) in [5.41, 5.74) is -0.347. The maximum Gasteiger partial charge on any atom is 0.329 e. The van der Waals surface area contributed by atoms with Gasteiger partial charge in [-0.1, -0.05) is 77.6 Å². The maximum absolute atomic E-state index is 16.7. The lowest BCUT2D eigenvalue weighted by Gasteiger charge is -2.56. The van der Waals surface area contributed by atoms with Crippen LogP contribution in [-0.2, 0) is 34.3 Å². The van der Waals surface area contributed by atoms with Crippen molar-refractivity contribution in [1.29, 1.82) is 0 Å². The number of unbranched alkanes of at least 4 members (excludes halogenated alkanes) is 4. The molecule has 1 unspecified atom stereocenters. The Morgan fingerprint density at radius 2 is 1.33 bits per heavy atom. The number of ether oxygens (including phenoxy) is 6. The van der Waals surface area contributed by atoms with Crippen molar-refractivity contribution in [3.8, 4) is 0 Å². The third-order valence-corrected chi connectivity index (χ3v) is 7.32. The van der Waals surface area contributed by atoms with Crippen molar-refractivity contribution in [1.82, 2.24) is 0 Å². The van der Waals surface area contributed by atoms with Crippen LogP contribution in [0.2, 0.25) is 0 Å². The number of fused-ring (bicyclic) bond motifs is 1. The first-order valence-electron chi connectivity index (χ1n) is 14.8. The molecule has 6 atom stereocenters. The Balaban J connectivity index is 2.09. The number of hydrogen-bond donors (Lipinski definition) is 1. The summed E-state index contributed by atoms with van der Waals surface area (Å²) in [5, 5.41) is 11.0. The molecule has 0 saturated carbocycles. The zero-order valence-corrected chi connectivity index (χ0v) is 24.0. The molecule has 1 fully saturated rings. The van der Waals surface area contributed by atoms with Gasteiger partial charge in [0.25, 0.3) is 5.79 Å². The molecule has 0 amide bonds. The van der Waals surface area contributed by atoms with Gasteiger partial charge in [0.15, 0.2) is 6.29 Å². The predicted molar refractivity (Wildman–Crippen MR) is 144 cm³/mol. The van der Waals surface area contributed by atoms with E-state index in [4.69, 9.17) is 28.4 Å². The first-order valence-corrected chi connectivity index (χ1v) is 14.8. The third kappa shape index (κ3) is 7.36. The number of aliphatic hydroxyl groups excluding tert-OH is 1. The van der Waals surface area contributed by atoms with Gasteiger partial charge in [-0.15, -0.1) is 0 Å². The van der Waals surface area contributed by atoms with Gasteiger partial charge in [0.2, 0.25) is 0 Å². The summed E-state index contributed by atoms with van der Waals surface area (Å²) < 4.78 is 70.2. The lowest BCUT2D eigenvalue weighted by atomic mass is 9.82. The van der Waals surface area contributed by atoms with E-state index in [0.29, 0.717) is 26.2 Å². The highest BCUT2D eigenvalue weighted by Gasteiger charge is 2.73. The van der Waals surface area contributed by atoms with E-state index in [-0.39, 0.29) is 24.3 Å². The summed E-state index contributed by atoms with van der Waals surface area (Å²) in [5.74, 6) is -6.31. The van der Waals surface area contributed by atoms with Gasteiger partial charge in [0, 0.05) is 37.6 Å². The van der Waals surface area contributed by atoms with E-state index in [1.54, 1.807) is 6.07 Å². The van der Waals surface area contributed by atoms with Crippen molar-refractivity contribution < 1.29 is 42.3 Å². The standard InChI is InChI=1S/C30H48F2O7/c1-5-9-17-34-21-24-25(35-18-10-6-2)26(36-19-11-7-3)27(37-20-12-8-4)30(38-24)29(31,32)23-16-14-13-15-22(23)28(33)39-30/h13-16,24-28,33H,5-12,17-21H2,1-4H3/t24-,25-,26+,27-,28?,30+/m1/s1. The summed E-state index contributed by atoms with van der Waals surface area (Å²) in [6.45, 7) is 9.59. The number of alkyl halides is 2. The molecule has 224 valence electrons. The monoisotopic (exact) mass is 558 g/mol. The maximum atomic E-state index is 16.7. The smallest absolute Gasteiger partial charge is 0.329 e. The van der Waals surface area contributed by atoms with E-state index in [1.807, 2.05) is 13.8 Å². The first kappa shape index (κ1) is 32.3. The molecule has 1 N–H and O–H groups in total. The fourth-order valence-corrected chi connectivity index (χ4v) is 5.04. The van der Waals surface area contributed by atoms with Crippen molar-refractivity contribution in [2.75, 3.05) is 33.0 Å². The molecule has 7 nitrogen and oxygen atoms in total. The molecule has 39 heavy (non-hydrogen) atoms. The average molecular weight is 559 g/mol. The van der Waals surface area contributed by atoms with Gasteiger partial charge in [-0.05, 0) is 25.7 Å². The van der Waals surface area contributed by atoms with Gasteiger partial charge in [0.1, 0.15) is 24.4 Å². The van der Waals surface area contributed by atoms with E-state index < -0.39 is 42.4 Å². The van der Waals surface area contributed by atoms with E-state index in [2.05, 4.69) is 13.8 Å². The largest absolute Gasteiger partial charge is 0.379 e. The van der Waals surface area contributed by atoms with Crippen LogP contribution in [0.4, 0.5) is 8.78 Å². The summed E-state index contributed by atoms with van der Waals surface area (Å²) in [6.07, 6.45) is 0.994. The number of aliphatic hydroxyl groups is 1. The van der Waals surface area contributed by atoms with Crippen LogP contribution in [0.5, 0.6) is 0 Å². The second-order valence-electron chi connectivity index (χ2n) is 10.4. The van der Waals surface area contributed by atoms with Gasteiger partial charge in [-0.3, -0.25) is 0 Å². The van der Waals surface area contributed by atoms with Crippen LogP contribution < -0.4 is 0 Å². The molecule has 0 bridgehead atoms. The van der Waals surface area contributed by atoms with E-state index >= 15 is 8.78 Å². The fourth-order valence-electron chi connectivity index (χ4n) is 5.04. The molecule has 0 aromatic heterocycles. The van der Waals surface area contributed by atoms with Crippen LogP contribution in [0.3, 0.4) is 0 Å². The molecule has 1 aromatic rings. The first-order chi connectivity index (χ1) is 18.9. The van der Waals surface area contributed by atoms with Crippen molar-refractivity contribution in [3.05, 3.63) is 35.4 Å². The Labute approximate surface area is 232 Å². The Morgan fingerprint density at radius 1 is 0.769 bits per heavy atom. The molecule has 2 aliphatic heterocycles. The van der Waals surface area contributed by atoms with E-state index in [1.165, 1.54) is 18.2 Å². The molecular formula is C30H48F2O7. The van der Waals surface area contributed by atoms with Gasteiger partial charge in [0.05, 0.1) is 6.61 Å². The van der Waals surface area contributed by atoms with E-state index in [9.17, 15) is 5.11 Å². The predicted octanol–water partition coefficient (Wildman–Crippen LogP) is 6.27. The highest BCUT2D eigenvalue weighted by molar-refractivity contribution is 5.37. The molecule has 9 heteroatoms. The number of hydrogen-bond acceptors (Lipinski definition) is 7. The number of halogens is 2. The minimum Gasteiger partial charge on any atom is -0.379 e. The Hall–Kier alpha value is -1.20. The molecule has 1 spiro atoms. The van der Waals surface area contributed by atoms with Gasteiger partial charge in [-0.2, -0.15) is 8.78 Å². The lowest BCUT2D eigenvalue weighted by molar-refractivity contribution is -0.468. The average Bonchev–Trinajstić information content (AvgIpc) is 2.93. The Bertz CT molecular complexity index is 841. The molecule has 2 heterocycles. The SMILES string of the molecule is CCCCOC[C@H]1O[C@]2(OC(O)c3ccccc3C2(F)F)[C@H](OCCCC)[C@@H](OCCCC)[C@@H]1OCCCC. The van der Waals surface area contributed by atoms with Gasteiger partial charge in [-0.25, -0.2) is 0 Å². The van der Waals surface area contributed by atoms with Gasteiger partial charge < -0.3 is 33.5 Å². The molecule has 0 aliphatic carbocycles. The lowest BCUT2D eigenvalue weighted by Crippen LogP contribution is -2.74. The van der Waals surface area contributed by atoms with Crippen LogP contribution in [0.25, 0.3) is 0 Å². The minimum atomic E-state index is -3.66.